The second-order valence-electron chi connectivity index (χ2n) is 6.36. The molecule has 0 saturated heterocycles. The molecule has 0 spiro atoms. The second-order valence-corrected chi connectivity index (χ2v) is 6.36. The molecule has 26 heavy (non-hydrogen) atoms. The number of nitrogens with zero attached hydrogens (tertiary/aromatic N) is 3. The highest BCUT2D eigenvalue weighted by atomic mass is 127. The smallest absolute Gasteiger partial charge is 0.191 e. The number of rotatable bonds is 6. The van der Waals surface area contributed by atoms with Crippen LogP contribution in [0.2, 0.25) is 0 Å². The molecule has 1 saturated carbocycles. The molecule has 0 unspecified atom stereocenters. The Hall–Kier alpha value is -1.64. The van der Waals surface area contributed by atoms with Gasteiger partial charge in [-0.3, -0.25) is 4.99 Å². The van der Waals surface area contributed by atoms with Gasteiger partial charge in [-0.2, -0.15) is 5.10 Å². The number of hydrogen-bond donors (Lipinski definition) is 2. The van der Waals surface area contributed by atoms with E-state index in [1.807, 2.05) is 12.3 Å². The number of nitrogens with one attached hydrogen (secondary N) is 2. The predicted octanol–water partition coefficient (Wildman–Crippen LogP) is 3.67. The predicted molar refractivity (Wildman–Crippen MR) is 114 cm³/mol. The van der Waals surface area contributed by atoms with Gasteiger partial charge in [-0.25, -0.2) is 9.07 Å². The van der Waals surface area contributed by atoms with Crippen molar-refractivity contribution in [2.45, 2.75) is 45.1 Å². The molecule has 2 aromatic rings. The third-order valence-corrected chi connectivity index (χ3v) is 4.41. The minimum absolute atomic E-state index is 0. The third-order valence-electron chi connectivity index (χ3n) is 4.41. The SMILES string of the molecule is CCNC(=NCCc1ccn(-c2ccc(F)cc2)n1)NC1CCCC1.I. The van der Waals surface area contributed by atoms with Crippen molar-refractivity contribution in [3.05, 3.63) is 48.0 Å². The Morgan fingerprint density at radius 1 is 1.23 bits per heavy atom. The van der Waals surface area contributed by atoms with Gasteiger partial charge in [0.15, 0.2) is 5.96 Å². The third kappa shape index (κ3) is 5.96. The lowest BCUT2D eigenvalue weighted by Crippen LogP contribution is -2.42. The maximum atomic E-state index is 13.0. The summed E-state index contributed by atoms with van der Waals surface area (Å²) in [5.74, 6) is 0.656. The standard InChI is InChI=1S/C19H26FN5.HI/c1-2-21-19(23-16-5-3-4-6-16)22-13-11-17-12-14-25(24-17)18-9-7-15(20)8-10-18;/h7-10,12,14,16H,2-6,11,13H2,1H3,(H2,21,22,23);1H. The molecule has 1 fully saturated rings. The summed E-state index contributed by atoms with van der Waals surface area (Å²) in [6.45, 7) is 3.62. The van der Waals surface area contributed by atoms with Crippen molar-refractivity contribution in [2.24, 2.45) is 4.99 Å². The van der Waals surface area contributed by atoms with Crippen LogP contribution in [0.25, 0.3) is 5.69 Å². The summed E-state index contributed by atoms with van der Waals surface area (Å²) in [6, 6.07) is 8.86. The molecular weight excluding hydrogens is 444 g/mol. The van der Waals surface area contributed by atoms with Gasteiger partial charge in [0.2, 0.25) is 0 Å². The fraction of sp³-hybridized carbons (Fsp3) is 0.474. The van der Waals surface area contributed by atoms with Crippen LogP contribution < -0.4 is 10.6 Å². The van der Waals surface area contributed by atoms with E-state index in [0.717, 1.165) is 30.3 Å². The largest absolute Gasteiger partial charge is 0.357 e. The zero-order valence-corrected chi connectivity index (χ0v) is 17.4. The molecule has 0 amide bonds. The summed E-state index contributed by atoms with van der Waals surface area (Å²) in [5, 5.41) is 11.4. The molecule has 0 bridgehead atoms. The van der Waals surface area contributed by atoms with Crippen molar-refractivity contribution in [1.82, 2.24) is 20.4 Å². The number of aromatic nitrogens is 2. The Bertz CT molecular complexity index is 692. The summed E-state index contributed by atoms with van der Waals surface area (Å²) < 4.78 is 14.8. The fourth-order valence-electron chi connectivity index (χ4n) is 3.10. The zero-order valence-electron chi connectivity index (χ0n) is 15.1. The maximum Gasteiger partial charge on any atom is 0.191 e. The lowest BCUT2D eigenvalue weighted by molar-refractivity contribution is 0.613. The van der Waals surface area contributed by atoms with Crippen LogP contribution in [-0.2, 0) is 6.42 Å². The molecule has 1 aliphatic carbocycles. The first-order chi connectivity index (χ1) is 12.2. The van der Waals surface area contributed by atoms with Crippen molar-refractivity contribution in [1.29, 1.82) is 0 Å². The van der Waals surface area contributed by atoms with E-state index in [4.69, 9.17) is 0 Å². The van der Waals surface area contributed by atoms with Gasteiger partial charge in [-0.05, 0) is 50.1 Å². The lowest BCUT2D eigenvalue weighted by atomic mass is 10.2. The number of benzene rings is 1. The van der Waals surface area contributed by atoms with Gasteiger partial charge in [0.25, 0.3) is 0 Å². The van der Waals surface area contributed by atoms with Gasteiger partial charge in [-0.1, -0.05) is 12.8 Å². The van der Waals surface area contributed by atoms with E-state index in [2.05, 4.69) is 27.6 Å². The van der Waals surface area contributed by atoms with Gasteiger partial charge in [-0.15, -0.1) is 24.0 Å². The normalized spacial score (nSPS) is 14.9. The van der Waals surface area contributed by atoms with Crippen molar-refractivity contribution in [2.75, 3.05) is 13.1 Å². The molecule has 7 heteroatoms. The summed E-state index contributed by atoms with van der Waals surface area (Å²) in [7, 11) is 0. The van der Waals surface area contributed by atoms with Gasteiger partial charge < -0.3 is 10.6 Å². The van der Waals surface area contributed by atoms with Crippen LogP contribution in [0.5, 0.6) is 0 Å². The highest BCUT2D eigenvalue weighted by Crippen LogP contribution is 2.17. The Morgan fingerprint density at radius 3 is 2.65 bits per heavy atom. The first-order valence-electron chi connectivity index (χ1n) is 9.10. The average molecular weight is 471 g/mol. The Kier molecular flexibility index (Phi) is 8.34. The molecule has 1 aromatic carbocycles. The quantitative estimate of drug-likeness (QED) is 0.384. The molecule has 142 valence electrons. The minimum atomic E-state index is -0.240. The highest BCUT2D eigenvalue weighted by molar-refractivity contribution is 14.0. The molecule has 1 aliphatic rings. The summed E-state index contributed by atoms with van der Waals surface area (Å²) in [6.07, 6.45) is 7.73. The second kappa shape index (κ2) is 10.5. The molecule has 5 nitrogen and oxygen atoms in total. The van der Waals surface area contributed by atoms with Gasteiger partial charge in [0.05, 0.1) is 11.4 Å². The lowest BCUT2D eigenvalue weighted by Gasteiger charge is -2.16. The number of halogens is 2. The van der Waals surface area contributed by atoms with Crippen molar-refractivity contribution in [3.63, 3.8) is 0 Å². The first kappa shape index (κ1) is 20.7. The molecular formula is C19H27FIN5. The fourth-order valence-corrected chi connectivity index (χ4v) is 3.10. The summed E-state index contributed by atoms with van der Waals surface area (Å²) in [5.41, 5.74) is 1.83. The van der Waals surface area contributed by atoms with Crippen LogP contribution >= 0.6 is 24.0 Å². The summed E-state index contributed by atoms with van der Waals surface area (Å²) in [4.78, 5) is 4.66. The molecule has 1 heterocycles. The molecule has 1 aromatic heterocycles. The van der Waals surface area contributed by atoms with E-state index >= 15 is 0 Å². The monoisotopic (exact) mass is 471 g/mol. The van der Waals surface area contributed by atoms with Crippen LogP contribution in [-0.4, -0.2) is 34.9 Å². The Balaban J connectivity index is 0.00000243. The van der Waals surface area contributed by atoms with Gasteiger partial charge in [0.1, 0.15) is 5.82 Å². The van der Waals surface area contributed by atoms with Crippen LogP contribution in [0.15, 0.2) is 41.5 Å². The van der Waals surface area contributed by atoms with Crippen molar-refractivity contribution < 1.29 is 4.39 Å². The van der Waals surface area contributed by atoms with E-state index in [0.29, 0.717) is 12.6 Å². The molecule has 3 rings (SSSR count). The zero-order chi connectivity index (χ0) is 17.5. The van der Waals surface area contributed by atoms with Crippen molar-refractivity contribution >= 4 is 29.9 Å². The molecule has 0 atom stereocenters. The van der Waals surface area contributed by atoms with Crippen molar-refractivity contribution in [3.8, 4) is 5.69 Å². The van der Waals surface area contributed by atoms with E-state index in [-0.39, 0.29) is 29.8 Å². The van der Waals surface area contributed by atoms with Crippen LogP contribution in [0, 0.1) is 5.82 Å². The minimum Gasteiger partial charge on any atom is -0.357 e. The topological polar surface area (TPSA) is 54.2 Å². The van der Waals surface area contributed by atoms with Gasteiger partial charge >= 0.3 is 0 Å². The van der Waals surface area contributed by atoms with Crippen LogP contribution in [0.1, 0.15) is 38.3 Å². The van der Waals surface area contributed by atoms with Crippen LogP contribution in [0.4, 0.5) is 4.39 Å². The van der Waals surface area contributed by atoms with Crippen LogP contribution in [0.3, 0.4) is 0 Å². The Labute approximate surface area is 171 Å². The number of hydrogen-bond acceptors (Lipinski definition) is 2. The maximum absolute atomic E-state index is 13.0. The highest BCUT2D eigenvalue weighted by Gasteiger charge is 2.15. The Morgan fingerprint density at radius 2 is 1.96 bits per heavy atom. The van der Waals surface area contributed by atoms with E-state index in [9.17, 15) is 4.39 Å². The molecule has 2 N–H and O–H groups in total. The summed E-state index contributed by atoms with van der Waals surface area (Å²) >= 11 is 0. The molecule has 0 radical (unpaired) electrons. The first-order valence-corrected chi connectivity index (χ1v) is 9.10. The van der Waals surface area contributed by atoms with E-state index in [1.54, 1.807) is 16.8 Å². The number of aliphatic imine (C=N–C) groups is 1. The number of guanidine groups is 1. The van der Waals surface area contributed by atoms with E-state index in [1.165, 1.54) is 37.8 Å². The molecule has 0 aliphatic heterocycles. The van der Waals surface area contributed by atoms with Gasteiger partial charge in [0, 0.05) is 31.7 Å². The average Bonchev–Trinajstić information content (AvgIpc) is 3.28. The van der Waals surface area contributed by atoms with E-state index < -0.39 is 0 Å².